The molecule has 0 atom stereocenters. The monoisotopic (exact) mass is 329 g/mol. The number of phenols is 2. The van der Waals surface area contributed by atoms with Crippen LogP contribution in [0.3, 0.4) is 0 Å². The third-order valence-corrected chi connectivity index (χ3v) is 4.03. The quantitative estimate of drug-likeness (QED) is 0.574. The molecule has 0 fully saturated rings. The molecule has 4 aromatic rings. The van der Waals surface area contributed by atoms with Crippen LogP contribution in [0.1, 0.15) is 0 Å². The van der Waals surface area contributed by atoms with Crippen LogP contribution in [0.25, 0.3) is 33.4 Å². The maximum Gasteiger partial charge on any atom is 0.197 e. The van der Waals surface area contributed by atoms with Crippen LogP contribution in [0.2, 0.25) is 0 Å². The van der Waals surface area contributed by atoms with E-state index in [0.717, 1.165) is 5.56 Å². The van der Waals surface area contributed by atoms with Gasteiger partial charge in [-0.2, -0.15) is 0 Å². The molecule has 4 rings (SSSR count). The fourth-order valence-corrected chi connectivity index (χ4v) is 2.87. The highest BCUT2D eigenvalue weighted by Gasteiger charge is 2.19. The largest absolute Gasteiger partial charge is 0.507 e. The van der Waals surface area contributed by atoms with Crippen molar-refractivity contribution in [3.63, 3.8) is 0 Å². The highest BCUT2D eigenvalue weighted by atomic mass is 16.3. The lowest BCUT2D eigenvalue weighted by Crippen LogP contribution is -2.01. The summed E-state index contributed by atoms with van der Waals surface area (Å²) in [5.41, 5.74) is 1.24. The molecule has 4 heteroatoms. The van der Waals surface area contributed by atoms with Crippen LogP contribution in [-0.4, -0.2) is 10.2 Å². The summed E-state index contributed by atoms with van der Waals surface area (Å²) in [6.45, 7) is 0. The van der Waals surface area contributed by atoms with E-state index in [-0.39, 0.29) is 33.5 Å². The van der Waals surface area contributed by atoms with Crippen LogP contribution in [0.5, 0.6) is 11.5 Å². The molecule has 0 aliphatic heterocycles. The number of phenolic OH excluding ortho intramolecular Hbond substituents is 2. The van der Waals surface area contributed by atoms with Gasteiger partial charge >= 0.3 is 0 Å². The Labute approximate surface area is 143 Å². The lowest BCUT2D eigenvalue weighted by atomic mass is 10.0. The van der Waals surface area contributed by atoms with Gasteiger partial charge in [0.1, 0.15) is 28.2 Å². The van der Waals surface area contributed by atoms with Gasteiger partial charge < -0.3 is 14.6 Å². The lowest BCUT2D eigenvalue weighted by molar-refractivity contribution is 0.456. The lowest BCUT2D eigenvalue weighted by Gasteiger charge is -2.11. The van der Waals surface area contributed by atoms with Crippen molar-refractivity contribution in [2.24, 2.45) is 0 Å². The predicted molar refractivity (Wildman–Crippen MR) is 95.5 cm³/mol. The van der Waals surface area contributed by atoms with E-state index >= 15 is 0 Å². The van der Waals surface area contributed by atoms with Gasteiger partial charge in [0.05, 0.1) is 5.56 Å². The van der Waals surface area contributed by atoms with Gasteiger partial charge in [-0.15, -0.1) is 0 Å². The Hall–Kier alpha value is -3.53. The van der Waals surface area contributed by atoms with Crippen molar-refractivity contribution < 1.29 is 14.6 Å². The number of fused-ring (bicyclic) bond motifs is 1. The minimum atomic E-state index is -0.376. The minimum Gasteiger partial charge on any atom is -0.507 e. The van der Waals surface area contributed by atoms with Gasteiger partial charge in [0, 0.05) is 17.7 Å². The van der Waals surface area contributed by atoms with E-state index in [1.54, 1.807) is 24.3 Å². The molecule has 3 aromatic carbocycles. The van der Waals surface area contributed by atoms with Gasteiger partial charge in [-0.3, -0.25) is 4.79 Å². The van der Waals surface area contributed by atoms with Crippen molar-refractivity contribution in [3.8, 4) is 33.9 Å². The summed E-state index contributed by atoms with van der Waals surface area (Å²) in [6.07, 6.45) is 0. The highest BCUT2D eigenvalue weighted by Crippen LogP contribution is 2.42. The van der Waals surface area contributed by atoms with Crippen molar-refractivity contribution in [1.29, 1.82) is 0 Å². The van der Waals surface area contributed by atoms with Crippen molar-refractivity contribution in [1.82, 2.24) is 0 Å². The molecule has 25 heavy (non-hydrogen) atoms. The van der Waals surface area contributed by atoms with E-state index in [1.165, 1.54) is 12.1 Å². The Morgan fingerprint density at radius 1 is 0.920 bits per heavy atom. The van der Waals surface area contributed by atoms with Gasteiger partial charge in [-0.25, -0.2) is 0 Å². The number of benzene rings is 3. The highest BCUT2D eigenvalue weighted by molar-refractivity contribution is 5.95. The van der Waals surface area contributed by atoms with Crippen LogP contribution < -0.4 is 5.43 Å². The smallest absolute Gasteiger partial charge is 0.197 e. The van der Waals surface area contributed by atoms with Gasteiger partial charge in [0.15, 0.2) is 5.43 Å². The summed E-state index contributed by atoms with van der Waals surface area (Å²) in [6, 6.07) is 21.5. The van der Waals surface area contributed by atoms with E-state index in [1.807, 2.05) is 30.3 Å². The second-order valence-corrected chi connectivity index (χ2v) is 5.63. The first kappa shape index (κ1) is 15.0. The molecule has 4 nitrogen and oxygen atoms in total. The predicted octanol–water partition coefficient (Wildman–Crippen LogP) is 4.34. The van der Waals surface area contributed by atoms with Gasteiger partial charge in [0.25, 0.3) is 0 Å². The molecule has 0 saturated heterocycles. The van der Waals surface area contributed by atoms with Gasteiger partial charge in [-0.1, -0.05) is 48.5 Å². The Morgan fingerprint density at radius 2 is 1.68 bits per heavy atom. The summed E-state index contributed by atoms with van der Waals surface area (Å²) in [4.78, 5) is 12.6. The van der Waals surface area contributed by atoms with Crippen molar-refractivity contribution in [2.75, 3.05) is 0 Å². The fraction of sp³-hybridized carbons (Fsp3) is 0. The number of hydrogen-bond donors (Lipinski definition) is 2. The second-order valence-electron chi connectivity index (χ2n) is 5.63. The average molecular weight is 329 g/mol. The van der Waals surface area contributed by atoms with Crippen molar-refractivity contribution in [3.05, 3.63) is 83.0 Å². The molecule has 0 unspecified atom stereocenters. The Morgan fingerprint density at radius 3 is 2.40 bits per heavy atom. The molecule has 0 aliphatic rings. The number of rotatable bonds is 2. The molecule has 1 radical (unpaired) electrons. The normalized spacial score (nSPS) is 10.9. The van der Waals surface area contributed by atoms with Crippen LogP contribution in [0.15, 0.2) is 75.9 Å². The van der Waals surface area contributed by atoms with Crippen molar-refractivity contribution in [2.45, 2.75) is 0 Å². The van der Waals surface area contributed by atoms with E-state index in [9.17, 15) is 15.0 Å². The molecule has 1 aromatic heterocycles. The minimum absolute atomic E-state index is 0.0383. The van der Waals surface area contributed by atoms with Gasteiger partial charge in [-0.05, 0) is 17.7 Å². The number of aromatic hydroxyl groups is 2. The summed E-state index contributed by atoms with van der Waals surface area (Å²) in [5.74, 6) is -0.0985. The SMILES string of the molecule is O=c1cc(-c2ccccc2)oc2cc(O)c(-c3c[c]ccc3)c(O)c12. The zero-order valence-electron chi connectivity index (χ0n) is 13.1. The summed E-state index contributed by atoms with van der Waals surface area (Å²) in [7, 11) is 0. The Kier molecular flexibility index (Phi) is 3.51. The van der Waals surface area contributed by atoms with Crippen LogP contribution in [-0.2, 0) is 0 Å². The second kappa shape index (κ2) is 5.83. The Bertz CT molecular complexity index is 1110. The average Bonchev–Trinajstić information content (AvgIpc) is 2.62. The first-order valence-electron chi connectivity index (χ1n) is 7.70. The first-order valence-corrected chi connectivity index (χ1v) is 7.70. The maximum atomic E-state index is 12.6. The zero-order valence-corrected chi connectivity index (χ0v) is 13.1. The zero-order chi connectivity index (χ0) is 17.4. The van der Waals surface area contributed by atoms with Crippen LogP contribution in [0, 0.1) is 6.07 Å². The molecular weight excluding hydrogens is 316 g/mol. The van der Waals surface area contributed by atoms with E-state index in [4.69, 9.17) is 4.42 Å². The summed E-state index contributed by atoms with van der Waals surface area (Å²) >= 11 is 0. The third kappa shape index (κ3) is 2.54. The van der Waals surface area contributed by atoms with E-state index in [2.05, 4.69) is 6.07 Å². The topological polar surface area (TPSA) is 70.7 Å². The molecule has 0 spiro atoms. The molecule has 121 valence electrons. The molecule has 0 amide bonds. The maximum absolute atomic E-state index is 12.6. The Balaban J connectivity index is 2.01. The standard InChI is InChI=1S/C21H13O4/c22-15-12-18-20(21(24)19(15)14-9-5-2-6-10-14)16(23)11-17(25-18)13-7-3-1-4-8-13/h1-5,7-12,22,24H. The first-order chi connectivity index (χ1) is 12.1. The van der Waals surface area contributed by atoms with Gasteiger partial charge in [0.2, 0.25) is 0 Å². The van der Waals surface area contributed by atoms with E-state index in [0.29, 0.717) is 11.3 Å². The third-order valence-electron chi connectivity index (χ3n) is 4.03. The molecule has 2 N–H and O–H groups in total. The summed E-state index contributed by atoms with van der Waals surface area (Å²) < 4.78 is 5.75. The number of hydrogen-bond acceptors (Lipinski definition) is 4. The summed E-state index contributed by atoms with van der Waals surface area (Å²) in [5, 5.41) is 21.0. The van der Waals surface area contributed by atoms with Crippen molar-refractivity contribution >= 4 is 11.0 Å². The molecule has 0 bridgehead atoms. The van der Waals surface area contributed by atoms with Crippen LogP contribution in [0.4, 0.5) is 0 Å². The molecule has 1 heterocycles. The molecule has 0 aliphatic carbocycles. The van der Waals surface area contributed by atoms with E-state index < -0.39 is 0 Å². The molecular formula is C21H13O4. The van der Waals surface area contributed by atoms with Crippen LogP contribution >= 0.6 is 0 Å². The fourth-order valence-electron chi connectivity index (χ4n) is 2.87. The molecule has 0 saturated carbocycles.